The Kier molecular flexibility index (Phi) is 5.25. The van der Waals surface area contributed by atoms with E-state index in [1.54, 1.807) is 63.8 Å². The van der Waals surface area contributed by atoms with Crippen molar-refractivity contribution in [3.63, 3.8) is 0 Å². The second-order valence-corrected chi connectivity index (χ2v) is 4.49. The van der Waals surface area contributed by atoms with Gasteiger partial charge in [-0.15, -0.1) is 0 Å². The number of carbonyl (C=O) groups is 1. The first-order chi connectivity index (χ1) is 10.7. The van der Waals surface area contributed by atoms with Crippen molar-refractivity contribution in [2.75, 3.05) is 21.3 Å². The smallest absolute Gasteiger partial charge is 0.338 e. The second kappa shape index (κ2) is 7.36. The lowest BCUT2D eigenvalue weighted by Gasteiger charge is -2.11. The highest BCUT2D eigenvalue weighted by atomic mass is 16.5. The van der Waals surface area contributed by atoms with E-state index in [1.165, 1.54) is 0 Å². The van der Waals surface area contributed by atoms with Crippen LogP contribution in [-0.2, 0) is 11.3 Å². The van der Waals surface area contributed by atoms with Crippen LogP contribution in [0.2, 0.25) is 0 Å². The molecule has 0 aliphatic carbocycles. The van der Waals surface area contributed by atoms with Crippen LogP contribution in [0, 0.1) is 0 Å². The summed E-state index contributed by atoms with van der Waals surface area (Å²) in [6.45, 7) is 0.0937. The molecular weight excluding hydrogens is 284 g/mol. The van der Waals surface area contributed by atoms with Gasteiger partial charge in [0.05, 0.1) is 26.9 Å². The van der Waals surface area contributed by atoms with Gasteiger partial charge >= 0.3 is 5.97 Å². The van der Waals surface area contributed by atoms with Gasteiger partial charge in [0.15, 0.2) is 0 Å². The third-order valence-electron chi connectivity index (χ3n) is 3.15. The average molecular weight is 302 g/mol. The van der Waals surface area contributed by atoms with Crippen molar-refractivity contribution >= 4 is 5.97 Å². The summed E-state index contributed by atoms with van der Waals surface area (Å²) in [5.41, 5.74) is 1.17. The van der Waals surface area contributed by atoms with Crippen molar-refractivity contribution in [2.45, 2.75) is 6.61 Å². The zero-order valence-electron chi connectivity index (χ0n) is 12.8. The lowest BCUT2D eigenvalue weighted by Crippen LogP contribution is -2.06. The van der Waals surface area contributed by atoms with Crippen LogP contribution in [0.15, 0.2) is 42.5 Å². The Labute approximate surface area is 129 Å². The molecule has 0 aliphatic rings. The number of ether oxygens (including phenoxy) is 4. The molecular formula is C17H18O5. The van der Waals surface area contributed by atoms with E-state index in [0.717, 1.165) is 5.56 Å². The van der Waals surface area contributed by atoms with Crippen LogP contribution in [-0.4, -0.2) is 27.3 Å². The molecule has 0 aromatic heterocycles. The van der Waals surface area contributed by atoms with Crippen molar-refractivity contribution in [2.24, 2.45) is 0 Å². The molecule has 0 fully saturated rings. The Hall–Kier alpha value is -2.69. The molecule has 0 saturated heterocycles. The maximum atomic E-state index is 12.1. The number of benzene rings is 2. The predicted octanol–water partition coefficient (Wildman–Crippen LogP) is 3.07. The topological polar surface area (TPSA) is 54.0 Å². The molecule has 116 valence electrons. The van der Waals surface area contributed by atoms with E-state index >= 15 is 0 Å². The summed E-state index contributed by atoms with van der Waals surface area (Å²) in [6, 6.07) is 12.1. The molecule has 0 aliphatic heterocycles. The Morgan fingerprint density at radius 2 is 1.64 bits per heavy atom. The van der Waals surface area contributed by atoms with Gasteiger partial charge in [-0.2, -0.15) is 0 Å². The lowest BCUT2D eigenvalue weighted by molar-refractivity contribution is 0.0469. The molecule has 0 bridgehead atoms. The minimum atomic E-state index is -0.427. The normalized spacial score (nSPS) is 9.95. The van der Waals surface area contributed by atoms with Crippen LogP contribution in [0.25, 0.3) is 0 Å². The molecule has 0 radical (unpaired) electrons. The summed E-state index contributed by atoms with van der Waals surface area (Å²) >= 11 is 0. The monoisotopic (exact) mass is 302 g/mol. The summed E-state index contributed by atoms with van der Waals surface area (Å²) in [5, 5.41) is 0. The molecule has 0 atom stereocenters. The number of hydrogen-bond acceptors (Lipinski definition) is 5. The third-order valence-corrected chi connectivity index (χ3v) is 3.15. The van der Waals surface area contributed by atoms with E-state index < -0.39 is 5.97 Å². The summed E-state index contributed by atoms with van der Waals surface area (Å²) in [4.78, 5) is 12.1. The predicted molar refractivity (Wildman–Crippen MR) is 81.7 cm³/mol. The molecule has 2 aromatic rings. The van der Waals surface area contributed by atoms with Gasteiger partial charge in [-0.25, -0.2) is 4.79 Å². The van der Waals surface area contributed by atoms with Crippen LogP contribution in [0.5, 0.6) is 17.2 Å². The third kappa shape index (κ3) is 3.69. The van der Waals surface area contributed by atoms with Crippen LogP contribution in [0.3, 0.4) is 0 Å². The standard InChI is InChI=1S/C17H18O5/c1-19-14-6-4-5-12(9-14)17(18)22-11-13-10-15(20-2)7-8-16(13)21-3/h4-10H,11H2,1-3H3. The van der Waals surface area contributed by atoms with Crippen LogP contribution < -0.4 is 14.2 Å². The minimum absolute atomic E-state index is 0.0937. The van der Waals surface area contributed by atoms with E-state index in [1.807, 2.05) is 0 Å². The first-order valence-electron chi connectivity index (χ1n) is 6.70. The van der Waals surface area contributed by atoms with Crippen molar-refractivity contribution in [3.8, 4) is 17.2 Å². The average Bonchev–Trinajstić information content (AvgIpc) is 2.59. The highest BCUT2D eigenvalue weighted by Crippen LogP contribution is 2.25. The van der Waals surface area contributed by atoms with Crippen molar-refractivity contribution in [3.05, 3.63) is 53.6 Å². The first kappa shape index (κ1) is 15.7. The van der Waals surface area contributed by atoms with Gasteiger partial charge in [0, 0.05) is 5.56 Å². The molecule has 5 nitrogen and oxygen atoms in total. The second-order valence-electron chi connectivity index (χ2n) is 4.49. The number of esters is 1. The highest BCUT2D eigenvalue weighted by Gasteiger charge is 2.11. The zero-order valence-corrected chi connectivity index (χ0v) is 12.8. The molecule has 0 saturated carbocycles. The van der Waals surface area contributed by atoms with Gasteiger partial charge in [-0.1, -0.05) is 6.07 Å². The summed E-state index contributed by atoms with van der Waals surface area (Å²) < 4.78 is 20.8. The van der Waals surface area contributed by atoms with Gasteiger partial charge in [0.2, 0.25) is 0 Å². The minimum Gasteiger partial charge on any atom is -0.497 e. The number of rotatable bonds is 6. The van der Waals surface area contributed by atoms with Gasteiger partial charge < -0.3 is 18.9 Å². The zero-order chi connectivity index (χ0) is 15.9. The largest absolute Gasteiger partial charge is 0.497 e. The van der Waals surface area contributed by atoms with Crippen molar-refractivity contribution in [1.29, 1.82) is 0 Å². The summed E-state index contributed by atoms with van der Waals surface area (Å²) in [6.07, 6.45) is 0. The fourth-order valence-electron chi connectivity index (χ4n) is 1.97. The van der Waals surface area contributed by atoms with Gasteiger partial charge in [0.25, 0.3) is 0 Å². The maximum Gasteiger partial charge on any atom is 0.338 e. The SMILES string of the molecule is COc1cccc(C(=O)OCc2cc(OC)ccc2OC)c1. The molecule has 2 aromatic carbocycles. The molecule has 0 spiro atoms. The molecule has 0 amide bonds. The molecule has 0 N–H and O–H groups in total. The number of carbonyl (C=O) groups excluding carboxylic acids is 1. The molecule has 22 heavy (non-hydrogen) atoms. The molecule has 0 unspecified atom stereocenters. The van der Waals surface area contributed by atoms with E-state index in [4.69, 9.17) is 18.9 Å². The Balaban J connectivity index is 2.10. The van der Waals surface area contributed by atoms with Crippen LogP contribution >= 0.6 is 0 Å². The van der Waals surface area contributed by atoms with Crippen molar-refractivity contribution < 1.29 is 23.7 Å². The van der Waals surface area contributed by atoms with Crippen molar-refractivity contribution in [1.82, 2.24) is 0 Å². The van der Waals surface area contributed by atoms with Gasteiger partial charge in [0.1, 0.15) is 23.9 Å². The fourth-order valence-corrected chi connectivity index (χ4v) is 1.97. The highest BCUT2D eigenvalue weighted by molar-refractivity contribution is 5.89. The maximum absolute atomic E-state index is 12.1. The molecule has 2 rings (SSSR count). The molecule has 5 heteroatoms. The fraction of sp³-hybridized carbons (Fsp3) is 0.235. The first-order valence-corrected chi connectivity index (χ1v) is 6.70. The Morgan fingerprint density at radius 3 is 2.32 bits per heavy atom. The molecule has 0 heterocycles. The van der Waals surface area contributed by atoms with E-state index in [2.05, 4.69) is 0 Å². The lowest BCUT2D eigenvalue weighted by atomic mass is 10.2. The van der Waals surface area contributed by atoms with E-state index in [9.17, 15) is 4.79 Å². The Morgan fingerprint density at radius 1 is 0.909 bits per heavy atom. The quantitative estimate of drug-likeness (QED) is 0.768. The van der Waals surface area contributed by atoms with Gasteiger partial charge in [-0.05, 0) is 36.4 Å². The van der Waals surface area contributed by atoms with E-state index in [-0.39, 0.29) is 6.61 Å². The number of methoxy groups -OCH3 is 3. The van der Waals surface area contributed by atoms with E-state index in [0.29, 0.717) is 22.8 Å². The summed E-state index contributed by atoms with van der Waals surface area (Å²) in [5.74, 6) is 1.49. The number of hydrogen-bond donors (Lipinski definition) is 0. The van der Waals surface area contributed by atoms with Gasteiger partial charge in [-0.3, -0.25) is 0 Å². The summed E-state index contributed by atoms with van der Waals surface area (Å²) in [7, 11) is 4.69. The Bertz CT molecular complexity index is 651. The van der Waals surface area contributed by atoms with Crippen LogP contribution in [0.1, 0.15) is 15.9 Å². The van der Waals surface area contributed by atoms with Crippen LogP contribution in [0.4, 0.5) is 0 Å².